The first kappa shape index (κ1) is 13.2. The Labute approximate surface area is 102 Å². The maximum Gasteiger partial charge on any atom is 0.339 e. The molecule has 5 nitrogen and oxygen atoms in total. The monoisotopic (exact) mass is 283 g/mol. The number of carbonyl (C=O) groups is 1. The van der Waals surface area contributed by atoms with Crippen molar-refractivity contribution in [2.45, 2.75) is 4.90 Å². The fourth-order valence-corrected chi connectivity index (χ4v) is 2.41. The highest BCUT2D eigenvalue weighted by Crippen LogP contribution is 2.28. The van der Waals surface area contributed by atoms with E-state index >= 15 is 0 Å². The third kappa shape index (κ3) is 2.65. The van der Waals surface area contributed by atoms with E-state index in [9.17, 15) is 13.2 Å². The van der Waals surface area contributed by atoms with Crippen LogP contribution in [-0.2, 0) is 14.8 Å². The van der Waals surface area contributed by atoms with E-state index in [1.165, 1.54) is 0 Å². The quantitative estimate of drug-likeness (QED) is 0.832. The second-order valence-corrected chi connectivity index (χ2v) is 5.14. The lowest BCUT2D eigenvalue weighted by molar-refractivity contribution is 0.0600. The molecule has 2 N–H and O–H groups in total. The number of rotatable bonds is 2. The number of methoxy groups -OCH3 is 1. The number of sulfonamides is 1. The van der Waals surface area contributed by atoms with Gasteiger partial charge in [0.15, 0.2) is 0 Å². The molecule has 16 heavy (non-hydrogen) atoms. The molecule has 0 radical (unpaired) electrons. The van der Waals surface area contributed by atoms with E-state index in [0.717, 1.165) is 19.2 Å². The van der Waals surface area contributed by atoms with E-state index < -0.39 is 16.0 Å². The Morgan fingerprint density at radius 2 is 1.88 bits per heavy atom. The number of hydrogen-bond acceptors (Lipinski definition) is 4. The zero-order valence-corrected chi connectivity index (χ0v) is 10.4. The molecule has 1 aromatic rings. The summed E-state index contributed by atoms with van der Waals surface area (Å²) in [7, 11) is -2.87. The van der Waals surface area contributed by atoms with Gasteiger partial charge in [-0.25, -0.2) is 18.4 Å². The van der Waals surface area contributed by atoms with Crippen molar-refractivity contribution in [3.63, 3.8) is 0 Å². The molecule has 0 heterocycles. The molecule has 0 aliphatic carbocycles. The Morgan fingerprint density at radius 1 is 1.31 bits per heavy atom. The van der Waals surface area contributed by atoms with E-state index in [1.807, 2.05) is 0 Å². The molecule has 1 rings (SSSR count). The highest BCUT2D eigenvalue weighted by Gasteiger charge is 2.19. The molecule has 0 fully saturated rings. The number of hydrogen-bond donors (Lipinski definition) is 1. The number of ether oxygens (including phenoxy) is 1. The number of carbonyl (C=O) groups excluding carboxylic acids is 1. The molecule has 0 amide bonds. The van der Waals surface area contributed by atoms with Crippen molar-refractivity contribution in [3.05, 3.63) is 27.7 Å². The molecule has 0 saturated heterocycles. The molecular formula is C8H7Cl2NO4S. The van der Waals surface area contributed by atoms with E-state index in [2.05, 4.69) is 4.74 Å². The van der Waals surface area contributed by atoms with Crippen molar-refractivity contribution in [2.75, 3.05) is 7.11 Å². The summed E-state index contributed by atoms with van der Waals surface area (Å²) in [4.78, 5) is 10.9. The van der Waals surface area contributed by atoms with Gasteiger partial charge in [0.1, 0.15) is 4.90 Å². The van der Waals surface area contributed by atoms with Gasteiger partial charge in [-0.15, -0.1) is 0 Å². The van der Waals surface area contributed by atoms with Crippen LogP contribution in [0.1, 0.15) is 10.4 Å². The molecule has 88 valence electrons. The van der Waals surface area contributed by atoms with Crippen LogP contribution in [0.5, 0.6) is 0 Å². The Kier molecular flexibility index (Phi) is 3.80. The Bertz CT molecular complexity index is 541. The van der Waals surface area contributed by atoms with Gasteiger partial charge in [-0.1, -0.05) is 23.2 Å². The zero-order valence-electron chi connectivity index (χ0n) is 8.03. The average molecular weight is 284 g/mol. The topological polar surface area (TPSA) is 86.5 Å². The van der Waals surface area contributed by atoms with Gasteiger partial charge in [-0.05, 0) is 12.1 Å². The molecule has 0 aromatic heterocycles. The lowest BCUT2D eigenvalue weighted by atomic mass is 10.2. The molecule has 0 bridgehead atoms. The first-order chi connectivity index (χ1) is 7.27. The van der Waals surface area contributed by atoms with E-state index in [0.29, 0.717) is 0 Å². The normalized spacial score (nSPS) is 11.2. The van der Waals surface area contributed by atoms with Crippen LogP contribution in [0, 0.1) is 0 Å². The molecule has 0 atom stereocenters. The van der Waals surface area contributed by atoms with Crippen LogP contribution < -0.4 is 5.14 Å². The van der Waals surface area contributed by atoms with Crippen molar-refractivity contribution in [2.24, 2.45) is 5.14 Å². The third-order valence-electron chi connectivity index (χ3n) is 1.73. The van der Waals surface area contributed by atoms with Crippen molar-refractivity contribution < 1.29 is 17.9 Å². The predicted octanol–water partition coefficient (Wildman–Crippen LogP) is 1.43. The maximum atomic E-state index is 11.2. The van der Waals surface area contributed by atoms with Gasteiger partial charge < -0.3 is 4.74 Å². The lowest BCUT2D eigenvalue weighted by Crippen LogP contribution is -2.14. The van der Waals surface area contributed by atoms with Crippen LogP contribution in [0.15, 0.2) is 17.0 Å². The van der Waals surface area contributed by atoms with Gasteiger partial charge in [-0.2, -0.15) is 0 Å². The Hall–Kier alpha value is -0.820. The van der Waals surface area contributed by atoms with Gasteiger partial charge in [0, 0.05) is 0 Å². The van der Waals surface area contributed by atoms with Gasteiger partial charge in [0.05, 0.1) is 22.7 Å². The maximum absolute atomic E-state index is 11.2. The van der Waals surface area contributed by atoms with Crippen molar-refractivity contribution >= 4 is 39.2 Å². The fourth-order valence-electron chi connectivity index (χ4n) is 1.01. The number of benzene rings is 1. The van der Waals surface area contributed by atoms with Crippen molar-refractivity contribution in [1.82, 2.24) is 0 Å². The van der Waals surface area contributed by atoms with Crippen LogP contribution in [0.25, 0.3) is 0 Å². The molecule has 0 saturated carbocycles. The van der Waals surface area contributed by atoms with Crippen LogP contribution in [0.2, 0.25) is 10.0 Å². The Balaban J connectivity index is 3.51. The lowest BCUT2D eigenvalue weighted by Gasteiger charge is -2.06. The summed E-state index contributed by atoms with van der Waals surface area (Å²) in [6, 6.07) is 2.10. The molecule has 0 aliphatic heterocycles. The smallest absolute Gasteiger partial charge is 0.339 e. The average Bonchev–Trinajstić information content (AvgIpc) is 2.14. The third-order valence-corrected chi connectivity index (χ3v) is 3.42. The summed E-state index contributed by atoms with van der Waals surface area (Å²) in [5.41, 5.74) is -0.113. The second kappa shape index (κ2) is 4.58. The summed E-state index contributed by atoms with van der Waals surface area (Å²) in [5.74, 6) is -0.772. The van der Waals surface area contributed by atoms with Crippen LogP contribution in [0.3, 0.4) is 0 Å². The summed E-state index contributed by atoms with van der Waals surface area (Å²) in [5, 5.41) is 4.75. The minimum Gasteiger partial charge on any atom is -0.465 e. The predicted molar refractivity (Wildman–Crippen MR) is 59.2 cm³/mol. The zero-order chi connectivity index (χ0) is 12.5. The van der Waals surface area contributed by atoms with Gasteiger partial charge in [0.25, 0.3) is 0 Å². The van der Waals surface area contributed by atoms with Crippen molar-refractivity contribution in [3.8, 4) is 0 Å². The largest absolute Gasteiger partial charge is 0.465 e. The van der Waals surface area contributed by atoms with Crippen LogP contribution in [0.4, 0.5) is 0 Å². The van der Waals surface area contributed by atoms with Gasteiger partial charge in [-0.3, -0.25) is 0 Å². The fraction of sp³-hybridized carbons (Fsp3) is 0.125. The summed E-state index contributed by atoms with van der Waals surface area (Å²) < 4.78 is 26.7. The van der Waals surface area contributed by atoms with E-state index in [1.54, 1.807) is 0 Å². The molecule has 0 aliphatic rings. The first-order valence-corrected chi connectivity index (χ1v) is 6.17. The van der Waals surface area contributed by atoms with E-state index in [4.69, 9.17) is 28.3 Å². The summed E-state index contributed by atoms with van der Waals surface area (Å²) >= 11 is 11.3. The van der Waals surface area contributed by atoms with Gasteiger partial charge >= 0.3 is 5.97 Å². The number of halogens is 2. The molecule has 8 heteroatoms. The number of esters is 1. The second-order valence-electron chi connectivity index (χ2n) is 2.80. The molecule has 0 unspecified atom stereocenters. The molecule has 0 spiro atoms. The minimum absolute atomic E-state index is 0.00995. The molecular weight excluding hydrogens is 277 g/mol. The Morgan fingerprint density at radius 3 is 2.31 bits per heavy atom. The highest BCUT2D eigenvalue weighted by molar-refractivity contribution is 7.89. The van der Waals surface area contributed by atoms with Gasteiger partial charge in [0.2, 0.25) is 10.0 Å². The van der Waals surface area contributed by atoms with Crippen LogP contribution >= 0.6 is 23.2 Å². The standard InChI is InChI=1S/C8H7Cl2NO4S/c1-15-8(12)4-2-7(16(11,13)14)6(10)3-5(4)9/h2-3H,1H3,(H2,11,13,14). The van der Waals surface area contributed by atoms with Crippen molar-refractivity contribution in [1.29, 1.82) is 0 Å². The van der Waals surface area contributed by atoms with Crippen LogP contribution in [-0.4, -0.2) is 21.5 Å². The number of nitrogens with two attached hydrogens (primary N) is 1. The summed E-state index contributed by atoms with van der Waals surface area (Å²) in [6.45, 7) is 0. The minimum atomic E-state index is -4.01. The first-order valence-electron chi connectivity index (χ1n) is 3.87. The number of primary sulfonamides is 1. The summed E-state index contributed by atoms with van der Waals surface area (Å²) in [6.07, 6.45) is 0. The SMILES string of the molecule is COC(=O)c1cc(S(N)(=O)=O)c(Cl)cc1Cl. The molecule has 1 aromatic carbocycles. The highest BCUT2D eigenvalue weighted by atomic mass is 35.5. The van der Waals surface area contributed by atoms with E-state index in [-0.39, 0.29) is 20.5 Å².